The molecular formula is C17H24N6O2S. The molecule has 0 atom stereocenters. The van der Waals surface area contributed by atoms with Gasteiger partial charge >= 0.3 is 6.03 Å². The van der Waals surface area contributed by atoms with Gasteiger partial charge in [0.2, 0.25) is 0 Å². The van der Waals surface area contributed by atoms with Gasteiger partial charge in [0.25, 0.3) is 5.91 Å². The van der Waals surface area contributed by atoms with Crippen LogP contribution in [-0.2, 0) is 26.1 Å². The first kappa shape index (κ1) is 18.4. The predicted octanol–water partition coefficient (Wildman–Crippen LogP) is 1.72. The number of nitrogens with zero attached hydrogens (tertiary/aromatic N) is 5. The summed E-state index contributed by atoms with van der Waals surface area (Å²) in [7, 11) is 3.50. The average molecular weight is 376 g/mol. The van der Waals surface area contributed by atoms with Crippen molar-refractivity contribution in [2.45, 2.75) is 39.4 Å². The fourth-order valence-corrected chi connectivity index (χ4v) is 3.74. The van der Waals surface area contributed by atoms with Gasteiger partial charge in [-0.2, -0.15) is 5.10 Å². The van der Waals surface area contributed by atoms with Gasteiger partial charge in [0.1, 0.15) is 5.69 Å². The number of aromatic nitrogens is 3. The number of aryl methyl sites for hydroxylation is 1. The number of nitrogens with one attached hydrogen (secondary N) is 1. The molecule has 3 heterocycles. The number of fused-ring (bicyclic) bond motifs is 1. The molecule has 8 nitrogen and oxygen atoms in total. The Hall–Kier alpha value is -2.42. The minimum Gasteiger partial charge on any atom is -0.345 e. The zero-order valence-corrected chi connectivity index (χ0v) is 16.2. The van der Waals surface area contributed by atoms with E-state index >= 15 is 0 Å². The Kier molecular flexibility index (Phi) is 5.55. The molecule has 140 valence electrons. The Morgan fingerprint density at radius 3 is 2.88 bits per heavy atom. The Balaban J connectivity index is 1.58. The van der Waals surface area contributed by atoms with E-state index in [4.69, 9.17) is 0 Å². The molecule has 1 N–H and O–H groups in total. The smallest absolute Gasteiger partial charge is 0.319 e. The molecule has 0 aromatic carbocycles. The molecule has 0 aliphatic carbocycles. The molecule has 2 aromatic heterocycles. The van der Waals surface area contributed by atoms with Crippen molar-refractivity contribution < 1.29 is 9.59 Å². The van der Waals surface area contributed by atoms with Gasteiger partial charge in [-0.1, -0.05) is 6.92 Å². The lowest BCUT2D eigenvalue weighted by Crippen LogP contribution is -2.43. The highest BCUT2D eigenvalue weighted by Gasteiger charge is 2.23. The van der Waals surface area contributed by atoms with Gasteiger partial charge in [-0.25, -0.2) is 9.78 Å². The predicted molar refractivity (Wildman–Crippen MR) is 99.0 cm³/mol. The number of carbonyl (C=O) groups excluding carboxylic acids is 2. The lowest BCUT2D eigenvalue weighted by molar-refractivity contribution is 0.0945. The van der Waals surface area contributed by atoms with Crippen molar-refractivity contribution in [3.8, 4) is 0 Å². The molecular weight excluding hydrogens is 352 g/mol. The molecule has 26 heavy (non-hydrogen) atoms. The lowest BCUT2D eigenvalue weighted by Gasteiger charge is -2.29. The largest absolute Gasteiger partial charge is 0.345 e. The summed E-state index contributed by atoms with van der Waals surface area (Å²) < 4.78 is 1.91. The maximum atomic E-state index is 12.2. The van der Waals surface area contributed by atoms with E-state index in [9.17, 15) is 9.59 Å². The van der Waals surface area contributed by atoms with Crippen LogP contribution in [0.15, 0.2) is 11.4 Å². The van der Waals surface area contributed by atoms with Crippen LogP contribution in [0.4, 0.5) is 4.79 Å². The summed E-state index contributed by atoms with van der Waals surface area (Å²) in [5, 5.41) is 10.2. The van der Waals surface area contributed by atoms with Crippen molar-refractivity contribution in [2.75, 3.05) is 20.6 Å². The van der Waals surface area contributed by atoms with Crippen LogP contribution in [-0.4, -0.2) is 57.1 Å². The Labute approximate surface area is 156 Å². The van der Waals surface area contributed by atoms with Crippen molar-refractivity contribution in [3.05, 3.63) is 33.5 Å². The van der Waals surface area contributed by atoms with E-state index in [-0.39, 0.29) is 11.9 Å². The second-order valence-corrected chi connectivity index (χ2v) is 7.45. The molecule has 0 bridgehead atoms. The fourth-order valence-electron chi connectivity index (χ4n) is 2.86. The van der Waals surface area contributed by atoms with Gasteiger partial charge in [0.15, 0.2) is 0 Å². The Bertz CT molecular complexity index is 797. The van der Waals surface area contributed by atoms with Gasteiger partial charge in [-0.05, 0) is 18.9 Å². The minimum atomic E-state index is -0.181. The Morgan fingerprint density at radius 2 is 2.15 bits per heavy atom. The van der Waals surface area contributed by atoms with Crippen molar-refractivity contribution >= 4 is 23.3 Å². The number of carbonyl (C=O) groups is 2. The summed E-state index contributed by atoms with van der Waals surface area (Å²) in [6.07, 6.45) is 1.91. The van der Waals surface area contributed by atoms with Crippen LogP contribution in [0.2, 0.25) is 0 Å². The average Bonchev–Trinajstić information content (AvgIpc) is 3.25. The lowest BCUT2D eigenvalue weighted by atomic mass is 10.3. The zero-order chi connectivity index (χ0) is 18.7. The molecule has 3 rings (SSSR count). The van der Waals surface area contributed by atoms with Crippen molar-refractivity contribution in [3.63, 3.8) is 0 Å². The van der Waals surface area contributed by atoms with Gasteiger partial charge in [0, 0.05) is 26.0 Å². The summed E-state index contributed by atoms with van der Waals surface area (Å²) >= 11 is 1.52. The Morgan fingerprint density at radius 1 is 1.35 bits per heavy atom. The third-order valence-corrected chi connectivity index (χ3v) is 5.09. The molecule has 1 aliphatic heterocycles. The van der Waals surface area contributed by atoms with Crippen LogP contribution in [0.1, 0.15) is 40.2 Å². The first-order chi connectivity index (χ1) is 12.5. The first-order valence-corrected chi connectivity index (χ1v) is 9.60. The molecule has 3 amide bonds. The maximum Gasteiger partial charge on any atom is 0.319 e. The van der Waals surface area contributed by atoms with Gasteiger partial charge in [-0.3, -0.25) is 9.48 Å². The summed E-state index contributed by atoms with van der Waals surface area (Å²) in [5.41, 5.74) is 2.23. The SMILES string of the molecule is CCCc1nc(C(=O)NCc2cc3n(n2)CCN(C(=O)N(C)C)C3)cs1. The number of hydrogen-bond acceptors (Lipinski definition) is 5. The third-order valence-electron chi connectivity index (χ3n) is 4.18. The van der Waals surface area contributed by atoms with Crippen LogP contribution in [0.25, 0.3) is 0 Å². The minimum absolute atomic E-state index is 0.00119. The summed E-state index contributed by atoms with van der Waals surface area (Å²) in [6, 6.07) is 1.94. The van der Waals surface area contributed by atoms with Crippen LogP contribution in [0, 0.1) is 0 Å². The van der Waals surface area contributed by atoms with E-state index in [1.807, 2.05) is 10.7 Å². The van der Waals surface area contributed by atoms with Crippen LogP contribution in [0.5, 0.6) is 0 Å². The summed E-state index contributed by atoms with van der Waals surface area (Å²) in [5.74, 6) is -0.181. The van der Waals surface area contributed by atoms with Crippen LogP contribution >= 0.6 is 11.3 Å². The highest BCUT2D eigenvalue weighted by Crippen LogP contribution is 2.15. The topological polar surface area (TPSA) is 83.4 Å². The van der Waals surface area contributed by atoms with Crippen molar-refractivity contribution in [1.82, 2.24) is 29.9 Å². The molecule has 0 spiro atoms. The van der Waals surface area contributed by atoms with E-state index in [2.05, 4.69) is 22.3 Å². The molecule has 2 aromatic rings. The second kappa shape index (κ2) is 7.86. The third kappa shape index (κ3) is 4.04. The van der Waals surface area contributed by atoms with Gasteiger partial charge < -0.3 is 15.1 Å². The van der Waals surface area contributed by atoms with E-state index < -0.39 is 0 Å². The zero-order valence-electron chi connectivity index (χ0n) is 15.4. The van der Waals surface area contributed by atoms with E-state index in [1.165, 1.54) is 11.3 Å². The number of rotatable bonds is 5. The van der Waals surface area contributed by atoms with Gasteiger partial charge in [0.05, 0.1) is 36.0 Å². The normalized spacial score (nSPS) is 13.4. The molecule has 0 saturated heterocycles. The summed E-state index contributed by atoms with van der Waals surface area (Å²) in [4.78, 5) is 32.1. The monoisotopic (exact) mass is 376 g/mol. The molecule has 0 radical (unpaired) electrons. The molecule has 0 unspecified atom stereocenters. The van der Waals surface area contributed by atoms with E-state index in [1.54, 1.807) is 29.3 Å². The first-order valence-electron chi connectivity index (χ1n) is 8.72. The van der Waals surface area contributed by atoms with E-state index in [0.29, 0.717) is 31.9 Å². The quantitative estimate of drug-likeness (QED) is 0.861. The van der Waals surface area contributed by atoms with Crippen molar-refractivity contribution in [2.24, 2.45) is 0 Å². The number of hydrogen-bond donors (Lipinski definition) is 1. The highest BCUT2D eigenvalue weighted by atomic mass is 32.1. The molecule has 0 fully saturated rings. The maximum absolute atomic E-state index is 12.2. The second-order valence-electron chi connectivity index (χ2n) is 6.51. The highest BCUT2D eigenvalue weighted by molar-refractivity contribution is 7.09. The molecule has 0 saturated carbocycles. The fraction of sp³-hybridized carbons (Fsp3) is 0.529. The number of thiazole rings is 1. The van der Waals surface area contributed by atoms with Crippen molar-refractivity contribution in [1.29, 1.82) is 0 Å². The van der Waals surface area contributed by atoms with Crippen LogP contribution in [0.3, 0.4) is 0 Å². The number of amides is 3. The number of urea groups is 1. The summed E-state index contributed by atoms with van der Waals surface area (Å²) in [6.45, 7) is 4.27. The van der Waals surface area contributed by atoms with Crippen LogP contribution < -0.4 is 5.32 Å². The molecule has 9 heteroatoms. The van der Waals surface area contributed by atoms with Gasteiger partial charge in [-0.15, -0.1) is 11.3 Å². The molecule has 1 aliphatic rings. The standard InChI is InChI=1S/C17H24N6O2S/c1-4-5-15-19-14(11-26-15)16(24)18-9-12-8-13-10-22(17(25)21(2)3)6-7-23(13)20-12/h8,11H,4-7,9-10H2,1-3H3,(H,18,24). The van der Waals surface area contributed by atoms with E-state index in [0.717, 1.165) is 29.2 Å².